The normalized spacial score (nSPS) is 14.4. The summed E-state index contributed by atoms with van der Waals surface area (Å²) in [6.07, 6.45) is 0. The molecule has 0 bridgehead atoms. The predicted octanol–water partition coefficient (Wildman–Crippen LogP) is 3.26. The van der Waals surface area contributed by atoms with Crippen LogP contribution in [0.25, 0.3) is 0 Å². The van der Waals surface area contributed by atoms with Crippen LogP contribution in [0.15, 0.2) is 23.0 Å². The third-order valence-corrected chi connectivity index (χ3v) is 6.01. The lowest BCUT2D eigenvalue weighted by atomic mass is 10.2. The summed E-state index contributed by atoms with van der Waals surface area (Å²) in [6, 6.07) is 5.24. The summed E-state index contributed by atoms with van der Waals surface area (Å²) in [7, 11) is 1.58. The zero-order valence-electron chi connectivity index (χ0n) is 14.8. The van der Waals surface area contributed by atoms with Gasteiger partial charge in [-0.15, -0.1) is 0 Å². The number of ether oxygens (including phenoxy) is 2. The summed E-state index contributed by atoms with van der Waals surface area (Å²) in [6.45, 7) is 3.03. The number of morpholine rings is 1. The molecule has 1 aliphatic rings. The van der Waals surface area contributed by atoms with Crippen molar-refractivity contribution in [3.05, 3.63) is 44.2 Å². The van der Waals surface area contributed by atoms with Crippen molar-refractivity contribution in [2.75, 3.05) is 45.3 Å². The predicted molar refractivity (Wildman–Crippen MR) is 109 cm³/mol. The van der Waals surface area contributed by atoms with Crippen molar-refractivity contribution in [1.82, 2.24) is 8.86 Å². The van der Waals surface area contributed by atoms with Gasteiger partial charge in [0.05, 0.1) is 42.1 Å². The number of nitrogens with zero attached hydrogens (tertiary/aromatic N) is 2. The molecule has 10 heteroatoms. The topological polar surface area (TPSA) is 79.6 Å². The molecule has 0 spiro atoms. The number of anilines is 2. The van der Waals surface area contributed by atoms with Crippen molar-refractivity contribution < 1.29 is 9.47 Å². The van der Waals surface area contributed by atoms with E-state index in [0.717, 1.165) is 0 Å². The van der Waals surface area contributed by atoms with Crippen LogP contribution in [0.1, 0.15) is 5.56 Å². The zero-order valence-corrected chi connectivity index (χ0v) is 17.1. The van der Waals surface area contributed by atoms with Crippen molar-refractivity contribution >= 4 is 51.3 Å². The number of nitrogens with one attached hydrogen (secondary N) is 2. The Balaban J connectivity index is 1.99. The summed E-state index contributed by atoms with van der Waals surface area (Å²) in [5.41, 5.74) is 0.670. The number of aromatic nitrogens is 1. The SMILES string of the molecule is COCCn1sc(Nc2cccc(Cl)c2Cl)c(C(=N)N2CCOCC2)c1=O. The number of hydrogen-bond acceptors (Lipinski definition) is 6. The maximum absolute atomic E-state index is 12.9. The number of rotatable bonds is 6. The molecular formula is C17H20Cl2N4O3S. The number of amidine groups is 1. The van der Waals surface area contributed by atoms with Gasteiger partial charge in [-0.1, -0.05) is 29.3 Å². The standard InChI is InChI=1S/C17H20Cl2N4O3S/c1-25-8-7-23-17(24)13(15(20)22-5-9-26-10-6-22)16(27-23)21-12-4-2-3-11(18)14(12)19/h2-4,20-21H,5-10H2,1H3. The van der Waals surface area contributed by atoms with Crippen LogP contribution in [0.3, 0.4) is 0 Å². The third kappa shape index (κ3) is 4.47. The largest absolute Gasteiger partial charge is 0.383 e. The highest BCUT2D eigenvalue weighted by Crippen LogP contribution is 2.34. The van der Waals surface area contributed by atoms with Gasteiger partial charge < -0.3 is 19.7 Å². The van der Waals surface area contributed by atoms with Gasteiger partial charge in [-0.05, 0) is 23.7 Å². The zero-order chi connectivity index (χ0) is 19.4. The Bertz CT molecular complexity index is 878. The van der Waals surface area contributed by atoms with Crippen LogP contribution < -0.4 is 10.9 Å². The minimum absolute atomic E-state index is 0.177. The van der Waals surface area contributed by atoms with Crippen LogP contribution in [0, 0.1) is 5.41 Å². The van der Waals surface area contributed by atoms with Crippen LogP contribution in [0.5, 0.6) is 0 Å². The molecule has 0 amide bonds. The van der Waals surface area contributed by atoms with E-state index in [-0.39, 0.29) is 11.4 Å². The third-order valence-electron chi connectivity index (χ3n) is 4.13. The number of halogens is 2. The molecule has 0 saturated carbocycles. The molecule has 0 atom stereocenters. The Morgan fingerprint density at radius 1 is 1.37 bits per heavy atom. The smallest absolute Gasteiger partial charge is 0.273 e. The molecule has 1 aromatic carbocycles. The number of hydrogen-bond donors (Lipinski definition) is 2. The quantitative estimate of drug-likeness (QED) is 0.542. The second kappa shape index (κ2) is 9.07. The van der Waals surface area contributed by atoms with E-state index in [1.54, 1.807) is 29.3 Å². The molecule has 0 radical (unpaired) electrons. The fourth-order valence-electron chi connectivity index (χ4n) is 2.70. The molecule has 3 rings (SSSR count). The second-order valence-corrected chi connectivity index (χ2v) is 7.69. The Labute approximate surface area is 171 Å². The van der Waals surface area contributed by atoms with E-state index in [2.05, 4.69) is 5.32 Å². The van der Waals surface area contributed by atoms with Crippen molar-refractivity contribution in [2.24, 2.45) is 0 Å². The molecule has 1 aromatic heterocycles. The van der Waals surface area contributed by atoms with Gasteiger partial charge in [0, 0.05) is 20.2 Å². The lowest BCUT2D eigenvalue weighted by molar-refractivity contribution is 0.0679. The van der Waals surface area contributed by atoms with Crippen LogP contribution in [0.2, 0.25) is 10.0 Å². The molecule has 0 unspecified atom stereocenters. The van der Waals surface area contributed by atoms with Crippen LogP contribution in [0.4, 0.5) is 10.7 Å². The van der Waals surface area contributed by atoms with E-state index in [0.29, 0.717) is 65.8 Å². The highest BCUT2D eigenvalue weighted by molar-refractivity contribution is 7.11. The van der Waals surface area contributed by atoms with E-state index >= 15 is 0 Å². The molecule has 0 aliphatic carbocycles. The van der Waals surface area contributed by atoms with E-state index in [1.165, 1.54) is 11.5 Å². The molecule has 1 fully saturated rings. The van der Waals surface area contributed by atoms with Crippen molar-refractivity contribution in [3.63, 3.8) is 0 Å². The second-order valence-electron chi connectivity index (χ2n) is 5.87. The van der Waals surface area contributed by atoms with Crippen molar-refractivity contribution in [2.45, 2.75) is 6.54 Å². The Morgan fingerprint density at radius 3 is 2.81 bits per heavy atom. The van der Waals surface area contributed by atoms with E-state index in [4.69, 9.17) is 38.1 Å². The van der Waals surface area contributed by atoms with Gasteiger partial charge in [0.15, 0.2) is 0 Å². The van der Waals surface area contributed by atoms with Crippen LogP contribution in [-0.2, 0) is 16.0 Å². The first-order valence-corrected chi connectivity index (χ1v) is 9.91. The maximum atomic E-state index is 12.9. The lowest BCUT2D eigenvalue weighted by Crippen LogP contribution is -2.42. The monoisotopic (exact) mass is 430 g/mol. The van der Waals surface area contributed by atoms with Gasteiger partial charge in [-0.3, -0.25) is 14.2 Å². The summed E-state index contributed by atoms with van der Waals surface area (Å²) in [5.74, 6) is 0.177. The first-order valence-electron chi connectivity index (χ1n) is 8.38. The van der Waals surface area contributed by atoms with Gasteiger partial charge in [-0.25, -0.2) is 0 Å². The minimum atomic E-state index is -0.228. The highest BCUT2D eigenvalue weighted by atomic mass is 35.5. The fraction of sp³-hybridized carbons (Fsp3) is 0.412. The van der Waals surface area contributed by atoms with Gasteiger partial charge in [0.25, 0.3) is 5.56 Å². The maximum Gasteiger partial charge on any atom is 0.273 e. The van der Waals surface area contributed by atoms with Gasteiger partial charge in [0.1, 0.15) is 16.4 Å². The molecule has 2 N–H and O–H groups in total. The fourth-order valence-corrected chi connectivity index (χ4v) is 4.04. The van der Waals surface area contributed by atoms with E-state index in [9.17, 15) is 4.79 Å². The van der Waals surface area contributed by atoms with Gasteiger partial charge in [-0.2, -0.15) is 0 Å². The summed E-state index contributed by atoms with van der Waals surface area (Å²) in [4.78, 5) is 14.8. The first kappa shape index (κ1) is 20.2. The number of methoxy groups -OCH3 is 1. The van der Waals surface area contributed by atoms with Gasteiger partial charge in [0.2, 0.25) is 0 Å². The van der Waals surface area contributed by atoms with Crippen molar-refractivity contribution in [1.29, 1.82) is 5.41 Å². The minimum Gasteiger partial charge on any atom is -0.383 e. The molecule has 2 aromatic rings. The summed E-state index contributed by atoms with van der Waals surface area (Å²) >= 11 is 13.6. The molecule has 1 saturated heterocycles. The van der Waals surface area contributed by atoms with Crippen LogP contribution in [-0.4, -0.2) is 54.7 Å². The summed E-state index contributed by atoms with van der Waals surface area (Å²) in [5, 5.41) is 13.1. The molecular weight excluding hydrogens is 411 g/mol. The van der Waals surface area contributed by atoms with E-state index in [1.807, 2.05) is 4.90 Å². The number of benzene rings is 1. The Hall–Kier alpha value is -1.58. The average molecular weight is 431 g/mol. The van der Waals surface area contributed by atoms with Crippen molar-refractivity contribution in [3.8, 4) is 0 Å². The molecule has 7 nitrogen and oxygen atoms in total. The highest BCUT2D eigenvalue weighted by Gasteiger charge is 2.25. The Morgan fingerprint density at radius 2 is 2.11 bits per heavy atom. The van der Waals surface area contributed by atoms with Crippen LogP contribution >= 0.6 is 34.7 Å². The van der Waals surface area contributed by atoms with E-state index < -0.39 is 0 Å². The van der Waals surface area contributed by atoms with Gasteiger partial charge >= 0.3 is 0 Å². The average Bonchev–Trinajstić information content (AvgIpc) is 2.99. The summed E-state index contributed by atoms with van der Waals surface area (Å²) < 4.78 is 12.0. The molecule has 146 valence electrons. The molecule has 1 aliphatic heterocycles. The molecule has 27 heavy (non-hydrogen) atoms. The Kier molecular flexibility index (Phi) is 6.78. The first-order chi connectivity index (χ1) is 13.0. The molecule has 2 heterocycles. The lowest BCUT2D eigenvalue weighted by Gasteiger charge is -2.28.